The molecule has 0 saturated carbocycles. The van der Waals surface area contributed by atoms with Crippen molar-refractivity contribution in [2.24, 2.45) is 0 Å². The van der Waals surface area contributed by atoms with Crippen molar-refractivity contribution in [3.8, 4) is 11.6 Å². The van der Waals surface area contributed by atoms with E-state index >= 15 is 0 Å². The van der Waals surface area contributed by atoms with E-state index in [0.717, 1.165) is 0 Å². The Labute approximate surface area is 142 Å². The summed E-state index contributed by atoms with van der Waals surface area (Å²) in [6.07, 6.45) is 2.55. The Morgan fingerprint density at radius 3 is 2.84 bits per heavy atom. The molecule has 2 amide bonds. The van der Waals surface area contributed by atoms with Gasteiger partial charge in [-0.1, -0.05) is 6.07 Å². The molecule has 2 atom stereocenters. The summed E-state index contributed by atoms with van der Waals surface area (Å²) in [5, 5.41) is 8.61. The molecule has 0 unspecified atom stereocenters. The lowest BCUT2D eigenvalue weighted by Gasteiger charge is -2.27. The Morgan fingerprint density at radius 2 is 2.12 bits per heavy atom. The van der Waals surface area contributed by atoms with E-state index in [4.69, 9.17) is 8.97 Å². The molecule has 2 fully saturated rings. The minimum Gasteiger partial charge on any atom is -0.417 e. The second kappa shape index (κ2) is 5.75. The van der Waals surface area contributed by atoms with Crippen LogP contribution in [0.15, 0.2) is 28.8 Å². The molecule has 2 saturated heterocycles. The number of carbonyl (C=O) groups is 1. The highest BCUT2D eigenvalue weighted by molar-refractivity contribution is 7.80. The monoisotopic (exact) mass is 367 g/mol. The fraction of sp³-hybridized carbons (Fsp3) is 0.385. The molecular weight excluding hydrogens is 354 g/mol. The summed E-state index contributed by atoms with van der Waals surface area (Å²) in [5.41, 5.74) is 0.513. The number of pyridine rings is 1. The molecule has 25 heavy (non-hydrogen) atoms. The lowest BCUT2D eigenvalue weighted by atomic mass is 10.0. The maximum atomic E-state index is 12.4. The van der Waals surface area contributed by atoms with Crippen LogP contribution in [0.1, 0.15) is 24.8 Å². The highest BCUT2D eigenvalue weighted by atomic mass is 32.3. The summed E-state index contributed by atoms with van der Waals surface area (Å²) in [5.74, 6) is 0.469. The summed E-state index contributed by atoms with van der Waals surface area (Å²) in [4.78, 5) is 17.9. The topological polar surface area (TPSA) is 139 Å². The standard InChI is InChI=1S/C13H13N5O6S/c19-13-17-7-8(18(13)24-25(20,21)22)4-5-10(17)12-16-15-11(23-12)9-3-1-2-6-14-9/h1-3,6,8,10H,4-5,7H2,(H,20,21,22)/t8-,10+/m1/s1. The predicted octanol–water partition coefficient (Wildman–Crippen LogP) is 0.807. The van der Waals surface area contributed by atoms with Crippen molar-refractivity contribution >= 4 is 16.4 Å². The van der Waals surface area contributed by atoms with Crippen molar-refractivity contribution < 1.29 is 26.5 Å². The van der Waals surface area contributed by atoms with Crippen molar-refractivity contribution in [2.75, 3.05) is 6.54 Å². The average molecular weight is 367 g/mol. The molecule has 2 aliphatic heterocycles. The molecule has 12 heteroatoms. The number of piperidine rings is 1. The summed E-state index contributed by atoms with van der Waals surface area (Å²) < 4.78 is 40.6. The van der Waals surface area contributed by atoms with Crippen molar-refractivity contribution in [1.29, 1.82) is 0 Å². The Morgan fingerprint density at radius 1 is 1.28 bits per heavy atom. The van der Waals surface area contributed by atoms with E-state index in [0.29, 0.717) is 23.6 Å². The molecule has 2 bridgehead atoms. The largest absolute Gasteiger partial charge is 0.418 e. The second-order valence-electron chi connectivity index (χ2n) is 5.67. The first-order chi connectivity index (χ1) is 11.9. The van der Waals surface area contributed by atoms with Gasteiger partial charge in [-0.2, -0.15) is 13.5 Å². The number of hydrogen-bond donors (Lipinski definition) is 1. The molecule has 2 aliphatic rings. The van der Waals surface area contributed by atoms with Crippen LogP contribution in [0.25, 0.3) is 11.6 Å². The maximum Gasteiger partial charge on any atom is 0.418 e. The summed E-state index contributed by atoms with van der Waals surface area (Å²) in [6, 6.07) is 3.62. The van der Waals surface area contributed by atoms with Crippen molar-refractivity contribution in [2.45, 2.75) is 24.9 Å². The molecule has 0 aliphatic carbocycles. The highest BCUT2D eigenvalue weighted by Crippen LogP contribution is 2.38. The van der Waals surface area contributed by atoms with Crippen LogP contribution in [0.3, 0.4) is 0 Å². The number of amides is 2. The van der Waals surface area contributed by atoms with Gasteiger partial charge in [0.15, 0.2) is 0 Å². The summed E-state index contributed by atoms with van der Waals surface area (Å²) in [7, 11) is -4.77. The van der Waals surface area contributed by atoms with Gasteiger partial charge in [-0.15, -0.1) is 14.5 Å². The van der Waals surface area contributed by atoms with Crippen molar-refractivity contribution in [1.82, 2.24) is 25.1 Å². The first-order valence-corrected chi connectivity index (χ1v) is 8.80. The van der Waals surface area contributed by atoms with E-state index < -0.39 is 28.5 Å². The van der Waals surface area contributed by atoms with Gasteiger partial charge in [0.2, 0.25) is 5.89 Å². The first-order valence-electron chi connectivity index (χ1n) is 7.44. The lowest BCUT2D eigenvalue weighted by Crippen LogP contribution is -2.35. The van der Waals surface area contributed by atoms with Gasteiger partial charge in [-0.3, -0.25) is 9.54 Å². The molecule has 132 valence electrons. The molecule has 2 aromatic rings. The third-order valence-electron chi connectivity index (χ3n) is 4.11. The molecule has 0 spiro atoms. The van der Waals surface area contributed by atoms with Crippen LogP contribution in [0.2, 0.25) is 0 Å². The van der Waals surface area contributed by atoms with Crippen molar-refractivity contribution in [3.05, 3.63) is 30.3 Å². The SMILES string of the molecule is O=C1N2C[C@@H](CC[C@H]2c2nnc(-c3ccccn3)o2)N1OS(=O)(=O)O. The fourth-order valence-electron chi connectivity index (χ4n) is 3.05. The Hall–Kier alpha value is -2.57. The predicted molar refractivity (Wildman–Crippen MR) is 79.9 cm³/mol. The van der Waals surface area contributed by atoms with Crippen LogP contribution in [0.5, 0.6) is 0 Å². The number of hydroxylamine groups is 2. The summed E-state index contributed by atoms with van der Waals surface area (Å²) in [6.45, 7) is 0.236. The van der Waals surface area contributed by atoms with Gasteiger partial charge < -0.3 is 9.32 Å². The lowest BCUT2D eigenvalue weighted by molar-refractivity contribution is -0.0317. The number of urea groups is 1. The highest BCUT2D eigenvalue weighted by Gasteiger charge is 2.49. The zero-order valence-electron chi connectivity index (χ0n) is 12.7. The van der Waals surface area contributed by atoms with Gasteiger partial charge in [0.25, 0.3) is 5.89 Å². The normalized spacial score (nSPS) is 23.3. The molecular formula is C13H13N5O6S. The Balaban J connectivity index is 1.57. The van der Waals surface area contributed by atoms with Gasteiger partial charge in [-0.25, -0.2) is 4.79 Å². The number of carbonyl (C=O) groups excluding carboxylic acids is 1. The van der Waals surface area contributed by atoms with E-state index in [-0.39, 0.29) is 18.3 Å². The van der Waals surface area contributed by atoms with Gasteiger partial charge in [0.05, 0.1) is 6.04 Å². The Kier molecular flexibility index (Phi) is 3.67. The van der Waals surface area contributed by atoms with E-state index in [9.17, 15) is 13.2 Å². The smallest absolute Gasteiger partial charge is 0.417 e. The molecule has 2 aromatic heterocycles. The quantitative estimate of drug-likeness (QED) is 0.777. The van der Waals surface area contributed by atoms with Crippen LogP contribution in [0, 0.1) is 0 Å². The van der Waals surface area contributed by atoms with Gasteiger partial charge in [-0.05, 0) is 25.0 Å². The minimum absolute atomic E-state index is 0.232. The fourth-order valence-corrected chi connectivity index (χ4v) is 3.44. The minimum atomic E-state index is -4.77. The van der Waals surface area contributed by atoms with E-state index in [1.165, 1.54) is 4.90 Å². The third kappa shape index (κ3) is 2.94. The van der Waals surface area contributed by atoms with Gasteiger partial charge >= 0.3 is 16.4 Å². The van der Waals surface area contributed by atoms with Crippen LogP contribution < -0.4 is 0 Å². The number of aromatic nitrogens is 3. The molecule has 11 nitrogen and oxygen atoms in total. The van der Waals surface area contributed by atoms with Crippen LogP contribution >= 0.6 is 0 Å². The maximum absolute atomic E-state index is 12.4. The van der Waals surface area contributed by atoms with E-state index in [2.05, 4.69) is 19.5 Å². The number of rotatable bonds is 4. The molecule has 0 radical (unpaired) electrons. The number of nitrogens with zero attached hydrogens (tertiary/aromatic N) is 5. The van der Waals surface area contributed by atoms with Crippen LogP contribution in [0.4, 0.5) is 4.79 Å². The third-order valence-corrected chi connectivity index (χ3v) is 4.46. The Bertz CT molecular complexity index is 901. The average Bonchev–Trinajstić information content (AvgIpc) is 3.16. The molecule has 1 N–H and O–H groups in total. The zero-order chi connectivity index (χ0) is 17.6. The number of fused-ring (bicyclic) bond motifs is 2. The summed E-state index contributed by atoms with van der Waals surface area (Å²) >= 11 is 0. The van der Waals surface area contributed by atoms with E-state index in [1.807, 2.05) is 0 Å². The van der Waals surface area contributed by atoms with Gasteiger partial charge in [0, 0.05) is 12.7 Å². The van der Waals surface area contributed by atoms with Crippen LogP contribution in [-0.2, 0) is 14.7 Å². The van der Waals surface area contributed by atoms with Crippen molar-refractivity contribution in [3.63, 3.8) is 0 Å². The molecule has 4 heterocycles. The van der Waals surface area contributed by atoms with Crippen LogP contribution in [-0.4, -0.2) is 56.7 Å². The van der Waals surface area contributed by atoms with Gasteiger partial charge in [0.1, 0.15) is 11.7 Å². The number of hydrogen-bond acceptors (Lipinski definition) is 8. The zero-order valence-corrected chi connectivity index (χ0v) is 13.5. The molecule has 4 rings (SSSR count). The molecule has 0 aromatic carbocycles. The first kappa shape index (κ1) is 15.9. The second-order valence-corrected chi connectivity index (χ2v) is 6.67. The van der Waals surface area contributed by atoms with E-state index in [1.54, 1.807) is 24.4 Å².